The van der Waals surface area contributed by atoms with Crippen LogP contribution in [0.1, 0.15) is 31.7 Å². The normalized spacial score (nSPS) is 17.7. The van der Waals surface area contributed by atoms with Crippen LogP contribution in [0.15, 0.2) is 29.5 Å². The van der Waals surface area contributed by atoms with Crippen molar-refractivity contribution in [1.29, 1.82) is 0 Å². The molecular weight excluding hydrogens is 353 g/mol. The maximum absolute atomic E-state index is 12.5. The van der Waals surface area contributed by atoms with Crippen LogP contribution >= 0.6 is 23.2 Å². The molecule has 0 saturated heterocycles. The Kier molecular flexibility index (Phi) is 6.66. The van der Waals surface area contributed by atoms with E-state index in [0.29, 0.717) is 40.1 Å². The first kappa shape index (κ1) is 18.8. The lowest BCUT2D eigenvalue weighted by Crippen LogP contribution is -2.34. The van der Waals surface area contributed by atoms with Gasteiger partial charge in [-0.1, -0.05) is 29.3 Å². The van der Waals surface area contributed by atoms with Gasteiger partial charge >= 0.3 is 5.97 Å². The zero-order valence-electron chi connectivity index (χ0n) is 13.5. The smallest absolute Gasteiger partial charge is 0.336 e. The van der Waals surface area contributed by atoms with Crippen molar-refractivity contribution in [1.82, 2.24) is 5.32 Å². The van der Waals surface area contributed by atoms with Gasteiger partial charge in [-0.15, -0.1) is 0 Å². The number of nitrogens with one attached hydrogen (secondary N) is 1. The summed E-state index contributed by atoms with van der Waals surface area (Å²) in [6.45, 7) is 4.53. The van der Waals surface area contributed by atoms with Gasteiger partial charge in [-0.3, -0.25) is 4.79 Å². The van der Waals surface area contributed by atoms with Gasteiger partial charge < -0.3 is 14.8 Å². The molecule has 1 atom stereocenters. The summed E-state index contributed by atoms with van der Waals surface area (Å²) in [5, 5.41) is 3.50. The van der Waals surface area contributed by atoms with Crippen molar-refractivity contribution in [2.45, 2.75) is 26.2 Å². The van der Waals surface area contributed by atoms with E-state index in [1.165, 1.54) is 0 Å². The monoisotopic (exact) mass is 371 g/mol. The molecule has 7 heteroatoms. The van der Waals surface area contributed by atoms with Gasteiger partial charge in [0.05, 0.1) is 12.2 Å². The molecule has 0 unspecified atom stereocenters. The van der Waals surface area contributed by atoms with Gasteiger partial charge in [0, 0.05) is 34.7 Å². The summed E-state index contributed by atoms with van der Waals surface area (Å²) in [7, 11) is 0. The molecule has 1 aliphatic heterocycles. The zero-order chi connectivity index (χ0) is 17.7. The van der Waals surface area contributed by atoms with Crippen LogP contribution in [0, 0.1) is 0 Å². The molecule has 1 heterocycles. The Balaban J connectivity index is 2.32. The number of amides is 1. The largest absolute Gasteiger partial charge is 0.460 e. The first-order valence-corrected chi connectivity index (χ1v) is 8.40. The third-order valence-electron chi connectivity index (χ3n) is 3.70. The van der Waals surface area contributed by atoms with Crippen LogP contribution in [0.3, 0.4) is 0 Å². The lowest BCUT2D eigenvalue weighted by molar-refractivity contribution is -0.141. The van der Waals surface area contributed by atoms with Gasteiger partial charge in [-0.2, -0.15) is 0 Å². The lowest BCUT2D eigenvalue weighted by atomic mass is 9.84. The number of rotatable bonds is 6. The van der Waals surface area contributed by atoms with Crippen LogP contribution in [-0.4, -0.2) is 31.7 Å². The summed E-state index contributed by atoms with van der Waals surface area (Å²) in [5.74, 6) is -1.24. The van der Waals surface area contributed by atoms with Crippen molar-refractivity contribution < 1.29 is 19.1 Å². The van der Waals surface area contributed by atoms with Gasteiger partial charge in [0.15, 0.2) is 0 Å². The lowest BCUT2D eigenvalue weighted by Gasteiger charge is -2.27. The molecule has 5 nitrogen and oxygen atoms in total. The molecule has 0 radical (unpaired) electrons. The van der Waals surface area contributed by atoms with E-state index in [1.807, 2.05) is 6.92 Å². The summed E-state index contributed by atoms with van der Waals surface area (Å²) in [4.78, 5) is 24.5. The summed E-state index contributed by atoms with van der Waals surface area (Å²) in [6, 6.07) is 5.08. The van der Waals surface area contributed by atoms with E-state index in [2.05, 4.69) is 5.32 Å². The maximum Gasteiger partial charge on any atom is 0.336 e. The highest BCUT2D eigenvalue weighted by Crippen LogP contribution is 2.40. The van der Waals surface area contributed by atoms with Crippen molar-refractivity contribution in [3.05, 3.63) is 45.1 Å². The van der Waals surface area contributed by atoms with Crippen LogP contribution in [0.4, 0.5) is 0 Å². The predicted octanol–water partition coefficient (Wildman–Crippen LogP) is 3.45. The molecule has 1 aliphatic rings. The van der Waals surface area contributed by atoms with Crippen LogP contribution in [0.5, 0.6) is 0 Å². The van der Waals surface area contributed by atoms with E-state index in [4.69, 9.17) is 32.7 Å². The standard InChI is InChI=1S/C17H19Cl2NO4/c1-3-23-7-8-24-17(22)15-10(2)20-14(21)9-11(15)16-12(18)5-4-6-13(16)19/h4-6,11H,3,7-9H2,1-2H3,(H,20,21)/t11-/m1/s1. The number of esters is 1. The fourth-order valence-corrected chi connectivity index (χ4v) is 3.34. The summed E-state index contributed by atoms with van der Waals surface area (Å²) in [5.41, 5.74) is 1.38. The van der Waals surface area contributed by atoms with Crippen LogP contribution in [0.2, 0.25) is 10.0 Å². The third kappa shape index (κ3) is 4.29. The topological polar surface area (TPSA) is 64.6 Å². The minimum Gasteiger partial charge on any atom is -0.460 e. The molecule has 130 valence electrons. The average Bonchev–Trinajstić information content (AvgIpc) is 2.50. The molecule has 1 aromatic rings. The molecule has 1 amide bonds. The molecule has 0 spiro atoms. The molecule has 2 rings (SSSR count). The number of hydrogen-bond donors (Lipinski definition) is 1. The Morgan fingerprint density at radius 1 is 1.29 bits per heavy atom. The van der Waals surface area contributed by atoms with Crippen LogP contribution in [0.25, 0.3) is 0 Å². The number of carbonyl (C=O) groups is 2. The molecule has 0 fully saturated rings. The minimum absolute atomic E-state index is 0.0800. The molecule has 0 aliphatic carbocycles. The van der Waals surface area contributed by atoms with E-state index >= 15 is 0 Å². The zero-order valence-corrected chi connectivity index (χ0v) is 15.0. The molecule has 24 heavy (non-hydrogen) atoms. The molecular formula is C17H19Cl2NO4. The number of halogens is 2. The number of ether oxygens (including phenoxy) is 2. The number of carbonyl (C=O) groups excluding carboxylic acids is 2. The van der Waals surface area contributed by atoms with E-state index in [-0.39, 0.29) is 18.9 Å². The van der Waals surface area contributed by atoms with Gasteiger partial charge in [0.1, 0.15) is 6.61 Å². The predicted molar refractivity (Wildman–Crippen MR) is 92.1 cm³/mol. The maximum atomic E-state index is 12.5. The Morgan fingerprint density at radius 3 is 2.58 bits per heavy atom. The number of allylic oxidation sites excluding steroid dienone is 1. The Morgan fingerprint density at radius 2 is 1.96 bits per heavy atom. The highest BCUT2D eigenvalue weighted by molar-refractivity contribution is 6.36. The average molecular weight is 372 g/mol. The van der Waals surface area contributed by atoms with E-state index in [9.17, 15) is 9.59 Å². The summed E-state index contributed by atoms with van der Waals surface area (Å²) < 4.78 is 10.4. The van der Waals surface area contributed by atoms with Crippen molar-refractivity contribution in [2.24, 2.45) is 0 Å². The molecule has 0 saturated carbocycles. The second kappa shape index (κ2) is 8.51. The van der Waals surface area contributed by atoms with E-state index in [0.717, 1.165) is 0 Å². The number of benzene rings is 1. The third-order valence-corrected chi connectivity index (χ3v) is 4.36. The molecule has 1 aromatic carbocycles. The van der Waals surface area contributed by atoms with Crippen LogP contribution < -0.4 is 5.32 Å². The molecule has 0 aromatic heterocycles. The second-order valence-electron chi connectivity index (χ2n) is 5.31. The Hall–Kier alpha value is -1.56. The van der Waals surface area contributed by atoms with E-state index in [1.54, 1.807) is 25.1 Å². The highest BCUT2D eigenvalue weighted by Gasteiger charge is 2.35. The second-order valence-corrected chi connectivity index (χ2v) is 6.13. The van der Waals surface area contributed by atoms with Gasteiger partial charge in [0.25, 0.3) is 0 Å². The Labute approximate surface area is 150 Å². The molecule has 0 bridgehead atoms. The van der Waals surface area contributed by atoms with Crippen LogP contribution in [-0.2, 0) is 19.1 Å². The first-order valence-electron chi connectivity index (χ1n) is 7.65. The minimum atomic E-state index is -0.542. The van der Waals surface area contributed by atoms with Gasteiger partial charge in [-0.25, -0.2) is 4.79 Å². The fourth-order valence-electron chi connectivity index (χ4n) is 2.68. The molecule has 1 N–H and O–H groups in total. The first-order chi connectivity index (χ1) is 11.5. The SMILES string of the molecule is CCOCCOC(=O)C1=C(C)NC(=O)C[C@H]1c1c(Cl)cccc1Cl. The van der Waals surface area contributed by atoms with Gasteiger partial charge in [-0.05, 0) is 31.5 Å². The van der Waals surface area contributed by atoms with Crippen molar-refractivity contribution in [3.63, 3.8) is 0 Å². The highest BCUT2D eigenvalue weighted by atomic mass is 35.5. The van der Waals surface area contributed by atoms with E-state index < -0.39 is 11.9 Å². The summed E-state index contributed by atoms with van der Waals surface area (Å²) >= 11 is 12.5. The fraction of sp³-hybridized carbons (Fsp3) is 0.412. The van der Waals surface area contributed by atoms with Gasteiger partial charge in [0.2, 0.25) is 5.91 Å². The Bertz CT molecular complexity index is 652. The summed E-state index contributed by atoms with van der Waals surface area (Å²) in [6.07, 6.45) is 0.0800. The van der Waals surface area contributed by atoms with Crippen molar-refractivity contribution in [3.8, 4) is 0 Å². The van der Waals surface area contributed by atoms with Crippen molar-refractivity contribution in [2.75, 3.05) is 19.8 Å². The van der Waals surface area contributed by atoms with Crippen molar-refractivity contribution >= 4 is 35.1 Å². The quantitative estimate of drug-likeness (QED) is 0.614. The number of hydrogen-bond acceptors (Lipinski definition) is 4.